The van der Waals surface area contributed by atoms with Crippen molar-refractivity contribution in [2.24, 2.45) is 0 Å². The van der Waals surface area contributed by atoms with Gasteiger partial charge in [-0.05, 0) is 39.2 Å². The van der Waals surface area contributed by atoms with Gasteiger partial charge in [0.25, 0.3) is 0 Å². The highest BCUT2D eigenvalue weighted by Gasteiger charge is 2.20. The van der Waals surface area contributed by atoms with Crippen LogP contribution in [0.15, 0.2) is 30.3 Å². The molecule has 1 aliphatic rings. The van der Waals surface area contributed by atoms with Crippen molar-refractivity contribution >= 4 is 18.2 Å². The maximum Gasteiger partial charge on any atom is 0.407 e. The van der Waals surface area contributed by atoms with E-state index in [2.05, 4.69) is 26.2 Å². The van der Waals surface area contributed by atoms with E-state index in [4.69, 9.17) is 33.2 Å². The SMILES string of the molecule is CC(C)(C)OC(=O)NCCOCCOCCOCCOCCOCCNC(=O)NC1CCN(CCNC(=O)OCc2ccccc2)CC1. The Morgan fingerprint density at radius 1 is 0.688 bits per heavy atom. The molecule has 15 heteroatoms. The molecule has 1 aromatic carbocycles. The number of rotatable bonds is 24. The Morgan fingerprint density at radius 2 is 1.19 bits per heavy atom. The smallest absolute Gasteiger partial charge is 0.407 e. The molecule has 1 saturated heterocycles. The molecule has 4 N–H and O–H groups in total. The zero-order valence-electron chi connectivity index (χ0n) is 28.9. The van der Waals surface area contributed by atoms with Crippen LogP contribution in [-0.4, -0.2) is 140 Å². The third-order valence-corrected chi connectivity index (χ3v) is 6.77. The average Bonchev–Trinajstić information content (AvgIpc) is 3.05. The van der Waals surface area contributed by atoms with E-state index in [1.807, 2.05) is 51.1 Å². The molecular weight excluding hydrogens is 626 g/mol. The van der Waals surface area contributed by atoms with Crippen LogP contribution in [0.5, 0.6) is 0 Å². The molecule has 48 heavy (non-hydrogen) atoms. The van der Waals surface area contributed by atoms with Crippen molar-refractivity contribution in [3.63, 3.8) is 0 Å². The van der Waals surface area contributed by atoms with Crippen LogP contribution in [0, 0.1) is 0 Å². The van der Waals surface area contributed by atoms with Gasteiger partial charge < -0.3 is 59.3 Å². The number of hydrogen-bond acceptors (Lipinski definition) is 11. The van der Waals surface area contributed by atoms with Crippen molar-refractivity contribution in [1.82, 2.24) is 26.2 Å². The molecule has 0 aliphatic carbocycles. The van der Waals surface area contributed by atoms with Gasteiger partial charge in [0.2, 0.25) is 0 Å². The Labute approximate surface area is 285 Å². The van der Waals surface area contributed by atoms with Gasteiger partial charge in [0, 0.05) is 45.3 Å². The molecule has 1 aromatic rings. The van der Waals surface area contributed by atoms with E-state index >= 15 is 0 Å². The molecule has 274 valence electrons. The lowest BCUT2D eigenvalue weighted by atomic mass is 10.1. The van der Waals surface area contributed by atoms with E-state index < -0.39 is 17.8 Å². The summed E-state index contributed by atoms with van der Waals surface area (Å²) < 4.78 is 37.6. The van der Waals surface area contributed by atoms with Gasteiger partial charge in [-0.25, -0.2) is 14.4 Å². The number of carbonyl (C=O) groups excluding carboxylic acids is 3. The summed E-state index contributed by atoms with van der Waals surface area (Å²) >= 11 is 0. The lowest BCUT2D eigenvalue weighted by molar-refractivity contribution is -0.0106. The van der Waals surface area contributed by atoms with Crippen molar-refractivity contribution in [3.8, 4) is 0 Å². The standard InChI is InChI=1S/C33H57N5O10/c1-33(2,3)48-32(41)36-13-18-43-20-22-45-24-26-46-25-23-44-21-19-42-17-12-34-30(39)37-29-9-14-38(15-10-29)16-11-35-31(40)47-27-28-7-5-4-6-8-28/h4-8,29H,9-27H2,1-3H3,(H,35,40)(H,36,41)(H2,34,37,39). The molecule has 15 nitrogen and oxygen atoms in total. The fourth-order valence-corrected chi connectivity index (χ4v) is 4.39. The van der Waals surface area contributed by atoms with E-state index in [9.17, 15) is 14.4 Å². The topological polar surface area (TPSA) is 167 Å². The van der Waals surface area contributed by atoms with Gasteiger partial charge in [-0.15, -0.1) is 0 Å². The van der Waals surface area contributed by atoms with Gasteiger partial charge in [-0.2, -0.15) is 0 Å². The summed E-state index contributed by atoms with van der Waals surface area (Å²) in [5.74, 6) is 0. The Hall–Kier alpha value is -3.21. The van der Waals surface area contributed by atoms with Crippen molar-refractivity contribution in [2.45, 2.75) is 51.9 Å². The predicted molar refractivity (Wildman–Crippen MR) is 179 cm³/mol. The third-order valence-electron chi connectivity index (χ3n) is 6.77. The first kappa shape index (κ1) is 41.0. The van der Waals surface area contributed by atoms with E-state index in [1.165, 1.54) is 0 Å². The molecule has 0 atom stereocenters. The number of ether oxygens (including phenoxy) is 7. The van der Waals surface area contributed by atoms with Crippen LogP contribution in [0.1, 0.15) is 39.2 Å². The molecule has 0 unspecified atom stereocenters. The Kier molecular flexibility index (Phi) is 22.0. The summed E-state index contributed by atoms with van der Waals surface area (Å²) in [6.45, 7) is 13.7. The van der Waals surface area contributed by atoms with Crippen LogP contribution in [-0.2, 0) is 39.8 Å². The van der Waals surface area contributed by atoms with Crippen molar-refractivity contribution in [1.29, 1.82) is 0 Å². The number of nitrogens with zero attached hydrogens (tertiary/aromatic N) is 1. The van der Waals surface area contributed by atoms with Crippen molar-refractivity contribution in [3.05, 3.63) is 35.9 Å². The summed E-state index contributed by atoms with van der Waals surface area (Å²) in [5.41, 5.74) is 0.430. The van der Waals surface area contributed by atoms with Gasteiger partial charge in [0.1, 0.15) is 12.2 Å². The Balaban J connectivity index is 1.28. The Morgan fingerprint density at radius 3 is 1.73 bits per heavy atom. The maximum atomic E-state index is 12.2. The van der Waals surface area contributed by atoms with Gasteiger partial charge in [0.15, 0.2) is 0 Å². The van der Waals surface area contributed by atoms with E-state index in [0.717, 1.165) is 38.0 Å². The fraction of sp³-hybridized carbons (Fsp3) is 0.727. The van der Waals surface area contributed by atoms with E-state index in [0.29, 0.717) is 85.7 Å². The fourth-order valence-electron chi connectivity index (χ4n) is 4.39. The highest BCUT2D eigenvalue weighted by Crippen LogP contribution is 2.10. The molecule has 2 rings (SSSR count). The minimum Gasteiger partial charge on any atom is -0.445 e. The van der Waals surface area contributed by atoms with E-state index in [-0.39, 0.29) is 18.7 Å². The summed E-state index contributed by atoms with van der Waals surface area (Å²) in [4.78, 5) is 37.9. The largest absolute Gasteiger partial charge is 0.445 e. The number of alkyl carbamates (subject to hydrolysis) is 2. The summed E-state index contributed by atoms with van der Waals surface area (Å²) in [5, 5.41) is 11.3. The first-order valence-corrected chi connectivity index (χ1v) is 16.8. The van der Waals surface area contributed by atoms with Gasteiger partial charge in [-0.3, -0.25) is 0 Å². The first-order valence-electron chi connectivity index (χ1n) is 16.8. The molecule has 0 aromatic heterocycles. The normalized spacial score (nSPS) is 13.9. The number of urea groups is 1. The lowest BCUT2D eigenvalue weighted by Crippen LogP contribution is -2.49. The monoisotopic (exact) mass is 683 g/mol. The number of amides is 4. The molecular formula is C33H57N5O10. The predicted octanol–water partition coefficient (Wildman–Crippen LogP) is 2.28. The number of piperidine rings is 1. The van der Waals surface area contributed by atoms with Crippen LogP contribution in [0.25, 0.3) is 0 Å². The van der Waals surface area contributed by atoms with Gasteiger partial charge in [0.05, 0.1) is 66.1 Å². The van der Waals surface area contributed by atoms with Crippen LogP contribution in [0.2, 0.25) is 0 Å². The summed E-state index contributed by atoms with van der Waals surface area (Å²) in [6.07, 6.45) is 0.821. The lowest BCUT2D eigenvalue weighted by Gasteiger charge is -2.32. The second kappa shape index (κ2) is 25.8. The van der Waals surface area contributed by atoms with E-state index in [1.54, 1.807) is 0 Å². The third kappa shape index (κ3) is 23.2. The van der Waals surface area contributed by atoms with Gasteiger partial charge in [-0.1, -0.05) is 30.3 Å². The molecule has 0 saturated carbocycles. The Bertz CT molecular complexity index is 991. The quantitative estimate of drug-likeness (QED) is 0.118. The van der Waals surface area contributed by atoms with Crippen LogP contribution < -0.4 is 21.3 Å². The van der Waals surface area contributed by atoms with Gasteiger partial charge >= 0.3 is 18.2 Å². The second-order valence-electron chi connectivity index (χ2n) is 12.0. The van der Waals surface area contributed by atoms with Crippen LogP contribution in [0.4, 0.5) is 14.4 Å². The number of nitrogens with one attached hydrogen (secondary N) is 4. The van der Waals surface area contributed by atoms with Crippen molar-refractivity contribution in [2.75, 3.05) is 105 Å². The summed E-state index contributed by atoms with van der Waals surface area (Å²) in [6, 6.07) is 9.49. The molecule has 1 heterocycles. The minimum absolute atomic E-state index is 0.119. The second-order valence-corrected chi connectivity index (χ2v) is 12.0. The number of benzene rings is 1. The molecule has 1 aliphatic heterocycles. The average molecular weight is 684 g/mol. The molecule has 4 amide bonds. The maximum absolute atomic E-state index is 12.2. The number of carbonyl (C=O) groups is 3. The molecule has 0 bridgehead atoms. The number of likely N-dealkylation sites (tertiary alicyclic amines) is 1. The number of hydrogen-bond donors (Lipinski definition) is 4. The summed E-state index contributed by atoms with van der Waals surface area (Å²) in [7, 11) is 0. The zero-order chi connectivity index (χ0) is 34.7. The molecule has 0 spiro atoms. The molecule has 1 fully saturated rings. The minimum atomic E-state index is -0.520. The molecule has 0 radical (unpaired) electrons. The van der Waals surface area contributed by atoms with Crippen LogP contribution in [0.3, 0.4) is 0 Å². The zero-order valence-corrected chi connectivity index (χ0v) is 28.9. The van der Waals surface area contributed by atoms with Crippen molar-refractivity contribution < 1.29 is 47.5 Å². The highest BCUT2D eigenvalue weighted by molar-refractivity contribution is 5.74. The first-order chi connectivity index (χ1) is 23.2. The van der Waals surface area contributed by atoms with Crippen LogP contribution >= 0.6 is 0 Å². The highest BCUT2D eigenvalue weighted by atomic mass is 16.6.